The summed E-state index contributed by atoms with van der Waals surface area (Å²) in [6.07, 6.45) is 0. The molecule has 1 amide bonds. The minimum atomic E-state index is -0.443. The largest absolute Gasteiger partial charge is 0.494 e. The monoisotopic (exact) mass is 331 g/mol. The Kier molecular flexibility index (Phi) is 4.55. The second-order valence-corrected chi connectivity index (χ2v) is 5.36. The first-order valence-corrected chi connectivity index (χ1v) is 7.63. The first-order chi connectivity index (χ1) is 11.6. The van der Waals surface area contributed by atoms with E-state index >= 15 is 0 Å². The molecule has 0 atom stereocenters. The molecule has 0 aliphatic carbocycles. The van der Waals surface area contributed by atoms with Gasteiger partial charge in [-0.25, -0.2) is 4.39 Å². The number of halogens is 1. The Labute approximate surface area is 139 Å². The van der Waals surface area contributed by atoms with Gasteiger partial charge in [-0.05, 0) is 42.8 Å². The van der Waals surface area contributed by atoms with Crippen LogP contribution in [0.1, 0.15) is 22.8 Å². The molecule has 1 aliphatic rings. The number of carbonyl (C=O) groups excluding carboxylic acids is 1. The van der Waals surface area contributed by atoms with Crippen molar-refractivity contribution in [1.82, 2.24) is 4.90 Å². The summed E-state index contributed by atoms with van der Waals surface area (Å²) < 4.78 is 29.3. The minimum Gasteiger partial charge on any atom is -0.494 e. The van der Waals surface area contributed by atoms with Crippen LogP contribution in [-0.4, -0.2) is 31.3 Å². The molecule has 0 saturated heterocycles. The maximum atomic E-state index is 13.8. The number of ether oxygens (including phenoxy) is 3. The number of methoxy groups -OCH3 is 1. The van der Waals surface area contributed by atoms with Gasteiger partial charge in [-0.1, -0.05) is 6.07 Å². The molecule has 0 unspecified atom stereocenters. The van der Waals surface area contributed by atoms with Gasteiger partial charge in [0.2, 0.25) is 6.79 Å². The highest BCUT2D eigenvalue weighted by atomic mass is 19.1. The van der Waals surface area contributed by atoms with Gasteiger partial charge in [0, 0.05) is 18.7 Å². The highest BCUT2D eigenvalue weighted by Crippen LogP contribution is 2.33. The molecule has 1 aliphatic heterocycles. The molecule has 0 saturated carbocycles. The molecule has 1 heterocycles. The van der Waals surface area contributed by atoms with E-state index < -0.39 is 5.82 Å². The fourth-order valence-corrected chi connectivity index (χ4v) is 2.57. The van der Waals surface area contributed by atoms with E-state index in [0.29, 0.717) is 35.7 Å². The summed E-state index contributed by atoms with van der Waals surface area (Å²) in [6.45, 7) is 2.85. The van der Waals surface area contributed by atoms with Crippen molar-refractivity contribution in [2.75, 3.05) is 20.4 Å². The van der Waals surface area contributed by atoms with Gasteiger partial charge in [-0.2, -0.15) is 0 Å². The van der Waals surface area contributed by atoms with E-state index in [1.807, 2.05) is 6.92 Å². The third-order valence-electron chi connectivity index (χ3n) is 3.88. The van der Waals surface area contributed by atoms with Gasteiger partial charge in [0.1, 0.15) is 0 Å². The summed E-state index contributed by atoms with van der Waals surface area (Å²) in [4.78, 5) is 14.3. The molecule has 0 spiro atoms. The summed E-state index contributed by atoms with van der Waals surface area (Å²) in [6, 6.07) is 9.78. The van der Waals surface area contributed by atoms with Gasteiger partial charge < -0.3 is 19.1 Å². The molecular weight excluding hydrogens is 313 g/mol. The van der Waals surface area contributed by atoms with E-state index in [9.17, 15) is 9.18 Å². The molecule has 2 aromatic carbocycles. The number of nitrogens with zero attached hydrogens (tertiary/aromatic N) is 1. The number of benzene rings is 2. The summed E-state index contributed by atoms with van der Waals surface area (Å²) in [5.41, 5.74) is 1.21. The van der Waals surface area contributed by atoms with Gasteiger partial charge in [-0.3, -0.25) is 4.79 Å². The molecule has 24 heavy (non-hydrogen) atoms. The highest BCUT2D eigenvalue weighted by Gasteiger charge is 2.20. The lowest BCUT2D eigenvalue weighted by molar-refractivity contribution is 0.0752. The van der Waals surface area contributed by atoms with Crippen molar-refractivity contribution in [3.8, 4) is 17.2 Å². The van der Waals surface area contributed by atoms with Crippen molar-refractivity contribution >= 4 is 5.91 Å². The topological polar surface area (TPSA) is 48.0 Å². The Morgan fingerprint density at radius 3 is 2.71 bits per heavy atom. The van der Waals surface area contributed by atoms with Crippen molar-refractivity contribution in [3.63, 3.8) is 0 Å². The second kappa shape index (κ2) is 6.78. The van der Waals surface area contributed by atoms with Crippen LogP contribution < -0.4 is 14.2 Å². The Morgan fingerprint density at radius 2 is 2.00 bits per heavy atom. The van der Waals surface area contributed by atoms with E-state index in [-0.39, 0.29) is 18.4 Å². The summed E-state index contributed by atoms with van der Waals surface area (Å²) >= 11 is 0. The third kappa shape index (κ3) is 3.13. The van der Waals surface area contributed by atoms with Crippen molar-refractivity contribution in [3.05, 3.63) is 53.3 Å². The molecular formula is C18H18FNO4. The number of hydrogen-bond donors (Lipinski definition) is 0. The minimum absolute atomic E-state index is 0.146. The highest BCUT2D eigenvalue weighted by molar-refractivity contribution is 5.95. The Hall–Kier alpha value is -2.76. The van der Waals surface area contributed by atoms with E-state index in [0.717, 1.165) is 0 Å². The van der Waals surface area contributed by atoms with Gasteiger partial charge in [0.25, 0.3) is 5.91 Å². The van der Waals surface area contributed by atoms with E-state index in [1.54, 1.807) is 35.2 Å². The number of hydrogen-bond acceptors (Lipinski definition) is 4. The van der Waals surface area contributed by atoms with Crippen LogP contribution in [0, 0.1) is 5.82 Å². The Morgan fingerprint density at radius 1 is 1.21 bits per heavy atom. The zero-order valence-corrected chi connectivity index (χ0v) is 13.5. The predicted molar refractivity (Wildman–Crippen MR) is 85.9 cm³/mol. The van der Waals surface area contributed by atoms with E-state index in [1.165, 1.54) is 13.2 Å². The summed E-state index contributed by atoms with van der Waals surface area (Å²) in [5.74, 6) is 0.789. The fraction of sp³-hybridized carbons (Fsp3) is 0.278. The standard InChI is InChI=1S/C18H18FNO4/c1-3-20(10-12-4-6-15(22-2)14(19)8-12)18(21)13-5-7-16-17(9-13)24-11-23-16/h4-9H,3,10-11H2,1-2H3. The van der Waals surface area contributed by atoms with Gasteiger partial charge in [0.15, 0.2) is 23.1 Å². The van der Waals surface area contributed by atoms with E-state index in [2.05, 4.69) is 0 Å². The molecule has 126 valence electrons. The van der Waals surface area contributed by atoms with Gasteiger partial charge in [0.05, 0.1) is 7.11 Å². The molecule has 5 nitrogen and oxygen atoms in total. The smallest absolute Gasteiger partial charge is 0.254 e. The Balaban J connectivity index is 1.78. The van der Waals surface area contributed by atoms with Crippen molar-refractivity contribution in [1.29, 1.82) is 0 Å². The molecule has 6 heteroatoms. The van der Waals surface area contributed by atoms with Crippen LogP contribution in [0.5, 0.6) is 17.2 Å². The van der Waals surface area contributed by atoms with Crippen molar-refractivity contribution < 1.29 is 23.4 Å². The zero-order chi connectivity index (χ0) is 17.1. The first kappa shape index (κ1) is 16.1. The summed E-state index contributed by atoms with van der Waals surface area (Å²) in [7, 11) is 1.42. The Bertz CT molecular complexity index is 763. The average molecular weight is 331 g/mol. The molecule has 0 N–H and O–H groups in total. The first-order valence-electron chi connectivity index (χ1n) is 7.63. The predicted octanol–water partition coefficient (Wildman–Crippen LogP) is 3.23. The number of amides is 1. The molecule has 0 radical (unpaired) electrons. The number of fused-ring (bicyclic) bond motifs is 1. The molecule has 2 aromatic rings. The molecule has 0 aromatic heterocycles. The van der Waals surface area contributed by atoms with Crippen LogP contribution in [-0.2, 0) is 6.54 Å². The SMILES string of the molecule is CCN(Cc1ccc(OC)c(F)c1)C(=O)c1ccc2c(c1)OCO2. The molecule has 0 fully saturated rings. The number of carbonyl (C=O) groups is 1. The lowest BCUT2D eigenvalue weighted by atomic mass is 10.1. The van der Waals surface area contributed by atoms with Crippen molar-refractivity contribution in [2.45, 2.75) is 13.5 Å². The lowest BCUT2D eigenvalue weighted by Crippen LogP contribution is -2.30. The lowest BCUT2D eigenvalue weighted by Gasteiger charge is -2.21. The summed E-state index contributed by atoms with van der Waals surface area (Å²) in [5, 5.41) is 0. The van der Waals surface area contributed by atoms with Crippen molar-refractivity contribution in [2.24, 2.45) is 0 Å². The van der Waals surface area contributed by atoms with Crippen LogP contribution >= 0.6 is 0 Å². The third-order valence-corrected chi connectivity index (χ3v) is 3.88. The average Bonchev–Trinajstić information content (AvgIpc) is 3.07. The zero-order valence-electron chi connectivity index (χ0n) is 13.5. The van der Waals surface area contributed by atoms with Crippen LogP contribution in [0.25, 0.3) is 0 Å². The van der Waals surface area contributed by atoms with Crippen LogP contribution in [0.3, 0.4) is 0 Å². The van der Waals surface area contributed by atoms with Crippen LogP contribution in [0.2, 0.25) is 0 Å². The number of rotatable bonds is 5. The molecule has 0 bridgehead atoms. The molecule has 3 rings (SSSR count). The van der Waals surface area contributed by atoms with Gasteiger partial charge in [-0.15, -0.1) is 0 Å². The maximum Gasteiger partial charge on any atom is 0.254 e. The van der Waals surface area contributed by atoms with E-state index in [4.69, 9.17) is 14.2 Å². The quantitative estimate of drug-likeness (QED) is 0.844. The normalized spacial score (nSPS) is 12.1. The fourth-order valence-electron chi connectivity index (χ4n) is 2.57. The van der Waals surface area contributed by atoms with Crippen LogP contribution in [0.4, 0.5) is 4.39 Å². The second-order valence-electron chi connectivity index (χ2n) is 5.36. The maximum absolute atomic E-state index is 13.8. The van der Waals surface area contributed by atoms with Crippen LogP contribution in [0.15, 0.2) is 36.4 Å². The van der Waals surface area contributed by atoms with Gasteiger partial charge >= 0.3 is 0 Å².